The maximum atomic E-state index is 12.5. The fraction of sp³-hybridized carbons (Fsp3) is 0.158. The highest BCUT2D eigenvalue weighted by atomic mass is 35.5. The van der Waals surface area contributed by atoms with Gasteiger partial charge in [0, 0.05) is 12.7 Å². The number of para-hydroxylation sites is 1. The predicted octanol–water partition coefficient (Wildman–Crippen LogP) is 2.80. The van der Waals surface area contributed by atoms with E-state index in [2.05, 4.69) is 10.3 Å². The van der Waals surface area contributed by atoms with Gasteiger partial charge in [0.05, 0.1) is 33.8 Å². The van der Waals surface area contributed by atoms with Crippen LogP contribution in [0.1, 0.15) is 0 Å². The summed E-state index contributed by atoms with van der Waals surface area (Å²) in [6.07, 6.45) is 1.33. The van der Waals surface area contributed by atoms with E-state index in [0.29, 0.717) is 26.6 Å². The Morgan fingerprint density at radius 2 is 1.89 bits per heavy atom. The fourth-order valence-corrected chi connectivity index (χ4v) is 2.86. The van der Waals surface area contributed by atoms with Gasteiger partial charge >= 0.3 is 0 Å². The number of nitrogens with zero attached hydrogens (tertiary/aromatic N) is 3. The van der Waals surface area contributed by atoms with E-state index >= 15 is 0 Å². The molecule has 28 heavy (non-hydrogen) atoms. The Kier molecular flexibility index (Phi) is 5.96. The van der Waals surface area contributed by atoms with Crippen LogP contribution in [0.3, 0.4) is 0 Å². The molecule has 1 N–H and O–H groups in total. The van der Waals surface area contributed by atoms with Gasteiger partial charge in [-0.25, -0.2) is 4.98 Å². The minimum Gasteiger partial charge on any atom is -0.335 e. The third-order valence-corrected chi connectivity index (χ3v) is 4.79. The first-order valence-corrected chi connectivity index (χ1v) is 9.04. The van der Waals surface area contributed by atoms with E-state index in [1.54, 1.807) is 36.4 Å². The summed E-state index contributed by atoms with van der Waals surface area (Å²) in [6, 6.07) is 11.6. The molecule has 0 aliphatic carbocycles. The summed E-state index contributed by atoms with van der Waals surface area (Å²) in [7, 11) is 1.48. The first-order chi connectivity index (χ1) is 13.3. The Balaban J connectivity index is 1.64. The third-order valence-electron chi connectivity index (χ3n) is 4.05. The number of carbonyl (C=O) groups is 2. The lowest BCUT2D eigenvalue weighted by molar-refractivity contribution is -0.133. The number of amides is 2. The van der Waals surface area contributed by atoms with Crippen molar-refractivity contribution in [2.45, 2.75) is 6.54 Å². The van der Waals surface area contributed by atoms with E-state index in [4.69, 9.17) is 23.2 Å². The second-order valence-corrected chi connectivity index (χ2v) is 6.94. The maximum absolute atomic E-state index is 12.5. The SMILES string of the molecule is CN(CC(=O)Nc1ccc(Cl)c(Cl)c1)C(=O)Cn1cnc2ccccc2c1=O. The Bertz CT molecular complexity index is 1110. The monoisotopic (exact) mass is 418 g/mol. The minimum absolute atomic E-state index is 0.186. The second kappa shape index (κ2) is 8.41. The smallest absolute Gasteiger partial charge is 0.261 e. The minimum atomic E-state index is -0.404. The van der Waals surface area contributed by atoms with Gasteiger partial charge in [-0.1, -0.05) is 35.3 Å². The molecule has 0 unspecified atom stereocenters. The largest absolute Gasteiger partial charge is 0.335 e. The van der Waals surface area contributed by atoms with Crippen molar-refractivity contribution in [1.29, 1.82) is 0 Å². The molecule has 0 spiro atoms. The molecule has 0 aliphatic rings. The quantitative estimate of drug-likeness (QED) is 0.690. The highest BCUT2D eigenvalue weighted by Gasteiger charge is 2.15. The molecule has 0 fully saturated rings. The molecule has 7 nitrogen and oxygen atoms in total. The maximum Gasteiger partial charge on any atom is 0.261 e. The average molecular weight is 419 g/mol. The molecule has 0 saturated carbocycles. The van der Waals surface area contributed by atoms with Gasteiger partial charge in [0.15, 0.2) is 0 Å². The molecular formula is C19H16Cl2N4O3. The fourth-order valence-electron chi connectivity index (χ4n) is 2.56. The number of benzene rings is 2. The number of anilines is 1. The molecule has 0 saturated heterocycles. The number of halogens is 2. The van der Waals surface area contributed by atoms with Crippen LogP contribution < -0.4 is 10.9 Å². The first-order valence-electron chi connectivity index (χ1n) is 8.28. The molecule has 9 heteroatoms. The van der Waals surface area contributed by atoms with Crippen LogP contribution in [-0.2, 0) is 16.1 Å². The summed E-state index contributed by atoms with van der Waals surface area (Å²) < 4.78 is 1.22. The second-order valence-electron chi connectivity index (χ2n) is 6.12. The lowest BCUT2D eigenvalue weighted by Gasteiger charge is -2.17. The van der Waals surface area contributed by atoms with Gasteiger partial charge in [-0.3, -0.25) is 19.0 Å². The molecule has 0 bridgehead atoms. The van der Waals surface area contributed by atoms with Crippen LogP contribution in [0.2, 0.25) is 10.0 Å². The zero-order valence-corrected chi connectivity index (χ0v) is 16.4. The third kappa shape index (κ3) is 4.49. The number of rotatable bonds is 5. The van der Waals surface area contributed by atoms with Crippen molar-refractivity contribution in [2.24, 2.45) is 0 Å². The number of carbonyl (C=O) groups excluding carboxylic acids is 2. The zero-order chi connectivity index (χ0) is 20.3. The van der Waals surface area contributed by atoms with E-state index in [1.807, 2.05) is 0 Å². The topological polar surface area (TPSA) is 84.3 Å². The number of hydrogen-bond donors (Lipinski definition) is 1. The Morgan fingerprint density at radius 3 is 2.64 bits per heavy atom. The average Bonchev–Trinajstić information content (AvgIpc) is 2.67. The standard InChI is InChI=1S/C19H16Cl2N4O3/c1-24(9-17(26)23-12-6-7-14(20)15(21)8-12)18(27)10-25-11-22-16-5-3-2-4-13(16)19(25)28/h2-8,11H,9-10H2,1H3,(H,23,26). The molecule has 0 atom stereocenters. The van der Waals surface area contributed by atoms with E-state index in [0.717, 1.165) is 0 Å². The zero-order valence-electron chi connectivity index (χ0n) is 14.9. The van der Waals surface area contributed by atoms with Crippen LogP contribution in [0.25, 0.3) is 10.9 Å². The predicted molar refractivity (Wildman–Crippen MR) is 109 cm³/mol. The number of hydrogen-bond acceptors (Lipinski definition) is 4. The van der Waals surface area contributed by atoms with Crippen molar-refractivity contribution >= 4 is 51.6 Å². The van der Waals surface area contributed by atoms with Crippen molar-refractivity contribution in [3.63, 3.8) is 0 Å². The number of likely N-dealkylation sites (N-methyl/N-ethyl adjacent to an activating group) is 1. The van der Waals surface area contributed by atoms with Gasteiger partial charge in [0.25, 0.3) is 5.56 Å². The van der Waals surface area contributed by atoms with Crippen molar-refractivity contribution in [3.05, 3.63) is 69.2 Å². The van der Waals surface area contributed by atoms with Crippen LogP contribution >= 0.6 is 23.2 Å². The lowest BCUT2D eigenvalue weighted by atomic mass is 10.2. The highest BCUT2D eigenvalue weighted by molar-refractivity contribution is 6.42. The van der Waals surface area contributed by atoms with Gasteiger partial charge in [0.2, 0.25) is 11.8 Å². The van der Waals surface area contributed by atoms with Crippen molar-refractivity contribution in [3.8, 4) is 0 Å². The first kappa shape index (κ1) is 19.9. The van der Waals surface area contributed by atoms with Gasteiger partial charge in [-0.15, -0.1) is 0 Å². The van der Waals surface area contributed by atoms with Crippen LogP contribution in [0.15, 0.2) is 53.6 Å². The van der Waals surface area contributed by atoms with Crippen LogP contribution in [0.4, 0.5) is 5.69 Å². The van der Waals surface area contributed by atoms with Gasteiger partial charge in [-0.2, -0.15) is 0 Å². The van der Waals surface area contributed by atoms with Crippen molar-refractivity contribution in [2.75, 3.05) is 18.9 Å². The molecule has 3 rings (SSSR count). The summed E-state index contributed by atoms with van der Waals surface area (Å²) in [4.78, 5) is 42.4. The van der Waals surface area contributed by atoms with Gasteiger partial charge in [0.1, 0.15) is 6.54 Å². The van der Waals surface area contributed by atoms with Crippen LogP contribution in [0, 0.1) is 0 Å². The number of nitrogens with one attached hydrogen (secondary N) is 1. The van der Waals surface area contributed by atoms with E-state index in [1.165, 1.54) is 28.9 Å². The summed E-state index contributed by atoms with van der Waals surface area (Å²) >= 11 is 11.8. The Hall–Kier alpha value is -2.90. The summed E-state index contributed by atoms with van der Waals surface area (Å²) in [5.41, 5.74) is 0.716. The molecule has 1 heterocycles. The van der Waals surface area contributed by atoms with Crippen LogP contribution in [-0.4, -0.2) is 39.9 Å². The molecule has 2 amide bonds. The number of fused-ring (bicyclic) bond motifs is 1. The number of aromatic nitrogens is 2. The molecule has 3 aromatic rings. The summed E-state index contributed by atoms with van der Waals surface area (Å²) in [5, 5.41) is 3.76. The Labute approximate surface area is 170 Å². The van der Waals surface area contributed by atoms with E-state index < -0.39 is 11.8 Å². The van der Waals surface area contributed by atoms with Crippen molar-refractivity contribution < 1.29 is 9.59 Å². The lowest BCUT2D eigenvalue weighted by Crippen LogP contribution is -2.38. The molecule has 0 aliphatic heterocycles. The normalized spacial score (nSPS) is 10.7. The molecule has 144 valence electrons. The van der Waals surface area contributed by atoms with Gasteiger partial charge in [-0.05, 0) is 30.3 Å². The van der Waals surface area contributed by atoms with Crippen LogP contribution in [0.5, 0.6) is 0 Å². The van der Waals surface area contributed by atoms with Crippen molar-refractivity contribution in [1.82, 2.24) is 14.5 Å². The summed E-state index contributed by atoms with van der Waals surface area (Å²) in [5.74, 6) is -0.804. The molecular weight excluding hydrogens is 403 g/mol. The molecule has 1 aromatic heterocycles. The van der Waals surface area contributed by atoms with E-state index in [-0.39, 0.29) is 18.6 Å². The summed E-state index contributed by atoms with van der Waals surface area (Å²) in [6.45, 7) is -0.401. The highest BCUT2D eigenvalue weighted by Crippen LogP contribution is 2.24. The molecule has 2 aromatic carbocycles. The molecule has 0 radical (unpaired) electrons. The Morgan fingerprint density at radius 1 is 1.14 bits per heavy atom. The van der Waals surface area contributed by atoms with E-state index in [9.17, 15) is 14.4 Å². The van der Waals surface area contributed by atoms with Gasteiger partial charge < -0.3 is 10.2 Å².